The van der Waals surface area contributed by atoms with Crippen LogP contribution < -0.4 is 9.64 Å². The summed E-state index contributed by atoms with van der Waals surface area (Å²) in [5, 5.41) is 1.17. The van der Waals surface area contributed by atoms with E-state index in [-0.39, 0.29) is 0 Å². The molecule has 3 aromatic rings. The Morgan fingerprint density at radius 3 is 2.58 bits per heavy atom. The van der Waals surface area contributed by atoms with Gasteiger partial charge < -0.3 is 19.5 Å². The molecule has 1 aromatic carbocycles. The Bertz CT molecular complexity index is 832. The van der Waals surface area contributed by atoms with Crippen LogP contribution >= 0.6 is 0 Å². The van der Waals surface area contributed by atoms with Crippen LogP contribution in [0.2, 0.25) is 0 Å². The number of benzene rings is 1. The Balaban J connectivity index is 1.58. The molecule has 124 valence electrons. The summed E-state index contributed by atoms with van der Waals surface area (Å²) in [5.41, 5.74) is 3.26. The number of fused-ring (bicyclic) bond motifs is 1. The van der Waals surface area contributed by atoms with Crippen molar-refractivity contribution in [2.24, 2.45) is 0 Å². The predicted octanol–water partition coefficient (Wildman–Crippen LogP) is 2.99. The molecule has 24 heavy (non-hydrogen) atoms. The number of aromatic nitrogens is 2. The normalized spacial score (nSPS) is 15.8. The molecule has 0 amide bonds. The average Bonchev–Trinajstić information content (AvgIpc) is 3.05. The second-order valence-corrected chi connectivity index (χ2v) is 6.33. The van der Waals surface area contributed by atoms with Gasteiger partial charge >= 0.3 is 0 Å². The second kappa shape index (κ2) is 6.17. The maximum absolute atomic E-state index is 5.29. The fourth-order valence-electron chi connectivity index (χ4n) is 3.16. The Morgan fingerprint density at radius 1 is 1.04 bits per heavy atom. The van der Waals surface area contributed by atoms with Crippen LogP contribution in [-0.2, 0) is 0 Å². The number of rotatable bonds is 3. The van der Waals surface area contributed by atoms with Gasteiger partial charge in [-0.2, -0.15) is 0 Å². The maximum atomic E-state index is 5.29. The monoisotopic (exact) mass is 322 g/mol. The molecule has 0 unspecified atom stereocenters. The lowest BCUT2D eigenvalue weighted by molar-refractivity contribution is 0.312. The molecule has 1 fully saturated rings. The summed E-state index contributed by atoms with van der Waals surface area (Å²) < 4.78 is 5.29. The van der Waals surface area contributed by atoms with Gasteiger partial charge in [0.15, 0.2) is 0 Å². The average molecular weight is 322 g/mol. The first kappa shape index (κ1) is 15.0. The molecule has 1 aliphatic rings. The van der Waals surface area contributed by atoms with Gasteiger partial charge in [-0.3, -0.25) is 0 Å². The molecule has 3 heterocycles. The van der Waals surface area contributed by atoms with Crippen LogP contribution in [0.4, 0.5) is 5.82 Å². The number of nitrogens with zero attached hydrogens (tertiary/aromatic N) is 3. The van der Waals surface area contributed by atoms with Gasteiger partial charge in [0.2, 0.25) is 0 Å². The lowest BCUT2D eigenvalue weighted by atomic mass is 10.2. The summed E-state index contributed by atoms with van der Waals surface area (Å²) in [5.74, 6) is 1.92. The van der Waals surface area contributed by atoms with E-state index >= 15 is 0 Å². The number of pyridine rings is 1. The molecule has 1 saturated heterocycles. The highest BCUT2D eigenvalue weighted by atomic mass is 16.5. The van der Waals surface area contributed by atoms with Gasteiger partial charge in [0.05, 0.1) is 7.11 Å². The summed E-state index contributed by atoms with van der Waals surface area (Å²) in [6, 6.07) is 12.5. The molecule has 4 rings (SSSR count). The lowest BCUT2D eigenvalue weighted by Crippen LogP contribution is -2.44. The minimum absolute atomic E-state index is 0.861. The highest BCUT2D eigenvalue weighted by Gasteiger charge is 2.15. The number of anilines is 1. The fourth-order valence-corrected chi connectivity index (χ4v) is 3.16. The lowest BCUT2D eigenvalue weighted by Gasteiger charge is -2.33. The summed E-state index contributed by atoms with van der Waals surface area (Å²) in [4.78, 5) is 12.8. The van der Waals surface area contributed by atoms with Crippen molar-refractivity contribution < 1.29 is 4.74 Å². The standard InChI is InChI=1S/C19H22N4O/c1-22-7-9-23(10-8-22)19-6-4-15(13-20-19)17-11-14-3-5-16(24-2)12-18(14)21-17/h3-6,11-13,21H,7-10H2,1-2H3. The molecule has 5 nitrogen and oxygen atoms in total. The number of hydrogen-bond donors (Lipinski definition) is 1. The van der Waals surface area contributed by atoms with Crippen LogP contribution in [0.25, 0.3) is 22.2 Å². The highest BCUT2D eigenvalue weighted by Crippen LogP contribution is 2.27. The summed E-state index contributed by atoms with van der Waals surface area (Å²) in [6.45, 7) is 4.25. The Hall–Kier alpha value is -2.53. The van der Waals surface area contributed by atoms with E-state index in [0.717, 1.165) is 54.5 Å². The smallest absolute Gasteiger partial charge is 0.128 e. The van der Waals surface area contributed by atoms with Crippen molar-refractivity contribution in [2.75, 3.05) is 45.2 Å². The summed E-state index contributed by atoms with van der Waals surface area (Å²) >= 11 is 0. The fraction of sp³-hybridized carbons (Fsp3) is 0.316. The minimum Gasteiger partial charge on any atom is -0.497 e. The van der Waals surface area contributed by atoms with E-state index in [4.69, 9.17) is 4.74 Å². The van der Waals surface area contributed by atoms with Crippen LogP contribution in [0.15, 0.2) is 42.6 Å². The molecular formula is C19H22N4O. The molecule has 2 aromatic heterocycles. The molecule has 0 spiro atoms. The van der Waals surface area contributed by atoms with Crippen LogP contribution in [0, 0.1) is 0 Å². The number of H-pyrrole nitrogens is 1. The number of likely N-dealkylation sites (N-methyl/N-ethyl adjacent to an activating group) is 1. The minimum atomic E-state index is 0.861. The van der Waals surface area contributed by atoms with Crippen LogP contribution in [0.3, 0.4) is 0 Å². The van der Waals surface area contributed by atoms with Crippen molar-refractivity contribution in [3.63, 3.8) is 0 Å². The topological polar surface area (TPSA) is 44.4 Å². The molecule has 0 aliphatic carbocycles. The van der Waals surface area contributed by atoms with Gasteiger partial charge in [-0.05, 0) is 37.4 Å². The van der Waals surface area contributed by atoms with Crippen molar-refractivity contribution in [2.45, 2.75) is 0 Å². The van der Waals surface area contributed by atoms with Gasteiger partial charge in [-0.25, -0.2) is 4.98 Å². The number of ether oxygens (including phenoxy) is 1. The van der Waals surface area contributed by atoms with E-state index in [1.165, 1.54) is 5.39 Å². The number of methoxy groups -OCH3 is 1. The third kappa shape index (κ3) is 2.83. The van der Waals surface area contributed by atoms with Gasteiger partial charge in [0.25, 0.3) is 0 Å². The van der Waals surface area contributed by atoms with E-state index in [9.17, 15) is 0 Å². The van der Waals surface area contributed by atoms with Crippen molar-refractivity contribution in [3.05, 3.63) is 42.6 Å². The van der Waals surface area contributed by atoms with Crippen LogP contribution in [-0.4, -0.2) is 55.2 Å². The Labute approximate surface area is 141 Å². The maximum Gasteiger partial charge on any atom is 0.128 e. The number of hydrogen-bond acceptors (Lipinski definition) is 4. The second-order valence-electron chi connectivity index (χ2n) is 6.33. The molecule has 0 saturated carbocycles. The molecule has 5 heteroatoms. The van der Waals surface area contributed by atoms with Crippen LogP contribution in [0.1, 0.15) is 0 Å². The highest BCUT2D eigenvalue weighted by molar-refractivity contribution is 5.86. The molecule has 1 aliphatic heterocycles. The van der Waals surface area contributed by atoms with Crippen molar-refractivity contribution in [3.8, 4) is 17.0 Å². The van der Waals surface area contributed by atoms with Gasteiger partial charge in [-0.15, -0.1) is 0 Å². The molecular weight excluding hydrogens is 300 g/mol. The quantitative estimate of drug-likeness (QED) is 0.805. The number of nitrogens with one attached hydrogen (secondary N) is 1. The third-order valence-electron chi connectivity index (χ3n) is 4.72. The van der Waals surface area contributed by atoms with E-state index in [1.807, 2.05) is 18.3 Å². The first-order chi connectivity index (χ1) is 11.7. The number of piperazine rings is 1. The molecule has 1 N–H and O–H groups in total. The van der Waals surface area contributed by atoms with Crippen LogP contribution in [0.5, 0.6) is 5.75 Å². The van der Waals surface area contributed by atoms with E-state index in [1.54, 1.807) is 7.11 Å². The van der Waals surface area contributed by atoms with Gasteiger partial charge in [0.1, 0.15) is 11.6 Å². The van der Waals surface area contributed by atoms with Crippen molar-refractivity contribution >= 4 is 16.7 Å². The van der Waals surface area contributed by atoms with Crippen molar-refractivity contribution in [1.82, 2.24) is 14.9 Å². The Morgan fingerprint density at radius 2 is 1.88 bits per heavy atom. The number of aromatic amines is 1. The largest absolute Gasteiger partial charge is 0.497 e. The summed E-state index contributed by atoms with van der Waals surface area (Å²) in [7, 11) is 3.85. The van der Waals surface area contributed by atoms with E-state index < -0.39 is 0 Å². The first-order valence-electron chi connectivity index (χ1n) is 8.29. The van der Waals surface area contributed by atoms with Gasteiger partial charge in [-0.1, -0.05) is 0 Å². The molecule has 0 radical (unpaired) electrons. The summed E-state index contributed by atoms with van der Waals surface area (Å²) in [6.07, 6.45) is 1.95. The van der Waals surface area contributed by atoms with Gasteiger partial charge in [0, 0.05) is 60.6 Å². The van der Waals surface area contributed by atoms with E-state index in [0.29, 0.717) is 0 Å². The SMILES string of the molecule is COc1ccc2cc(-c3ccc(N4CCN(C)CC4)nc3)[nH]c2c1. The third-order valence-corrected chi connectivity index (χ3v) is 4.72. The molecule has 0 atom stereocenters. The van der Waals surface area contributed by atoms with Crippen molar-refractivity contribution in [1.29, 1.82) is 0 Å². The predicted molar refractivity (Wildman–Crippen MR) is 97.8 cm³/mol. The first-order valence-corrected chi connectivity index (χ1v) is 8.29. The zero-order valence-corrected chi connectivity index (χ0v) is 14.1. The zero-order chi connectivity index (χ0) is 16.5. The van der Waals surface area contributed by atoms with E-state index in [2.05, 4.69) is 51.1 Å². The molecule has 0 bridgehead atoms. The Kier molecular flexibility index (Phi) is 3.86. The zero-order valence-electron chi connectivity index (χ0n) is 14.1.